The van der Waals surface area contributed by atoms with Crippen molar-refractivity contribution in [3.63, 3.8) is 0 Å². The van der Waals surface area contributed by atoms with Crippen LogP contribution in [0.25, 0.3) is 10.8 Å². The molecule has 4 aromatic rings. The molecular formula is C21H17ClN4O. The summed E-state index contributed by atoms with van der Waals surface area (Å²) in [5.74, 6) is 1.51. The second-order valence-corrected chi connectivity index (χ2v) is 6.47. The molecule has 0 saturated heterocycles. The molecule has 0 aliphatic heterocycles. The van der Waals surface area contributed by atoms with Crippen LogP contribution in [0.15, 0.2) is 73.1 Å². The van der Waals surface area contributed by atoms with Crippen LogP contribution in [-0.4, -0.2) is 9.97 Å². The quantitative estimate of drug-likeness (QED) is 0.496. The molecule has 3 aromatic carbocycles. The van der Waals surface area contributed by atoms with E-state index in [0.29, 0.717) is 34.7 Å². The van der Waals surface area contributed by atoms with Crippen molar-refractivity contribution in [2.24, 2.45) is 0 Å². The molecular weight excluding hydrogens is 360 g/mol. The molecule has 3 N–H and O–H groups in total. The lowest BCUT2D eigenvalue weighted by atomic mass is 10.1. The largest absolute Gasteiger partial charge is 0.437 e. The van der Waals surface area contributed by atoms with Gasteiger partial charge in [0, 0.05) is 11.6 Å². The van der Waals surface area contributed by atoms with Gasteiger partial charge in [-0.05, 0) is 40.6 Å². The Morgan fingerprint density at radius 1 is 0.926 bits per heavy atom. The van der Waals surface area contributed by atoms with Crippen LogP contribution in [0.5, 0.6) is 11.6 Å². The maximum atomic E-state index is 6.20. The van der Waals surface area contributed by atoms with E-state index in [0.717, 1.165) is 16.3 Å². The van der Waals surface area contributed by atoms with E-state index in [4.69, 9.17) is 22.1 Å². The molecule has 6 heteroatoms. The molecule has 5 nitrogen and oxygen atoms in total. The van der Waals surface area contributed by atoms with Gasteiger partial charge in [0.15, 0.2) is 5.82 Å². The summed E-state index contributed by atoms with van der Waals surface area (Å²) in [6.07, 6.45) is 1.43. The fourth-order valence-electron chi connectivity index (χ4n) is 2.73. The van der Waals surface area contributed by atoms with Crippen LogP contribution in [0.4, 0.5) is 11.5 Å². The van der Waals surface area contributed by atoms with E-state index in [1.807, 2.05) is 60.7 Å². The maximum absolute atomic E-state index is 6.20. The summed E-state index contributed by atoms with van der Waals surface area (Å²) in [5, 5.41) is 6.14. The fraction of sp³-hybridized carbons (Fsp3) is 0.0476. The third-order valence-electron chi connectivity index (χ3n) is 4.16. The van der Waals surface area contributed by atoms with Gasteiger partial charge in [-0.15, -0.1) is 0 Å². The lowest BCUT2D eigenvalue weighted by Crippen LogP contribution is -2.06. The van der Waals surface area contributed by atoms with Gasteiger partial charge in [0.05, 0.1) is 0 Å². The number of hydrogen-bond donors (Lipinski definition) is 2. The Balaban J connectivity index is 1.52. The molecule has 0 unspecified atom stereocenters. The Bertz CT molecular complexity index is 1080. The van der Waals surface area contributed by atoms with Crippen LogP contribution in [-0.2, 0) is 6.54 Å². The average Bonchev–Trinajstić information content (AvgIpc) is 2.70. The first-order chi connectivity index (χ1) is 13.2. The van der Waals surface area contributed by atoms with Gasteiger partial charge in [-0.3, -0.25) is 0 Å². The van der Waals surface area contributed by atoms with Crippen molar-refractivity contribution in [2.45, 2.75) is 6.54 Å². The van der Waals surface area contributed by atoms with Crippen molar-refractivity contribution < 1.29 is 4.74 Å². The monoisotopic (exact) mass is 376 g/mol. The summed E-state index contributed by atoms with van der Waals surface area (Å²) in [4.78, 5) is 8.37. The van der Waals surface area contributed by atoms with Gasteiger partial charge in [0.2, 0.25) is 5.88 Å². The van der Waals surface area contributed by atoms with Gasteiger partial charge in [-0.25, -0.2) is 4.98 Å². The minimum Gasteiger partial charge on any atom is -0.437 e. The minimum atomic E-state index is 0.318. The van der Waals surface area contributed by atoms with Crippen LogP contribution in [0.2, 0.25) is 5.02 Å². The summed E-state index contributed by atoms with van der Waals surface area (Å²) < 4.78 is 5.89. The Morgan fingerprint density at radius 2 is 1.70 bits per heavy atom. The molecule has 0 amide bonds. The van der Waals surface area contributed by atoms with Crippen molar-refractivity contribution in [1.29, 1.82) is 0 Å². The number of anilines is 2. The first-order valence-corrected chi connectivity index (χ1v) is 8.82. The smallest absolute Gasteiger partial charge is 0.248 e. The van der Waals surface area contributed by atoms with Crippen molar-refractivity contribution in [1.82, 2.24) is 9.97 Å². The summed E-state index contributed by atoms with van der Waals surface area (Å²) in [6, 6.07) is 21.5. The van der Waals surface area contributed by atoms with E-state index >= 15 is 0 Å². The van der Waals surface area contributed by atoms with Gasteiger partial charge in [0.25, 0.3) is 0 Å². The lowest BCUT2D eigenvalue weighted by molar-refractivity contribution is 0.465. The van der Waals surface area contributed by atoms with Crippen molar-refractivity contribution in [2.75, 3.05) is 11.1 Å². The van der Waals surface area contributed by atoms with Gasteiger partial charge in [0.1, 0.15) is 17.8 Å². The Labute approximate surface area is 161 Å². The number of benzene rings is 3. The predicted molar refractivity (Wildman–Crippen MR) is 109 cm³/mol. The first kappa shape index (κ1) is 17.1. The molecule has 0 bridgehead atoms. The van der Waals surface area contributed by atoms with Crippen molar-refractivity contribution >= 4 is 33.9 Å². The molecule has 1 heterocycles. The van der Waals surface area contributed by atoms with E-state index in [2.05, 4.69) is 21.4 Å². The highest BCUT2D eigenvalue weighted by atomic mass is 35.5. The minimum absolute atomic E-state index is 0.318. The summed E-state index contributed by atoms with van der Waals surface area (Å²) in [6.45, 7) is 0.563. The Morgan fingerprint density at radius 3 is 2.52 bits per heavy atom. The van der Waals surface area contributed by atoms with Gasteiger partial charge in [-0.2, -0.15) is 4.98 Å². The maximum Gasteiger partial charge on any atom is 0.248 e. The standard InChI is InChI=1S/C21H17ClN4O/c22-17-8-5-14(6-9-17)12-24-20-19(23)21(26-13-25-20)27-18-10-7-15-3-1-2-4-16(15)11-18/h1-11,13H,12,23H2,(H,24,25,26). The molecule has 0 radical (unpaired) electrons. The molecule has 0 saturated carbocycles. The molecule has 0 aliphatic carbocycles. The number of hydrogen-bond acceptors (Lipinski definition) is 5. The molecule has 0 spiro atoms. The number of ether oxygens (including phenoxy) is 1. The van der Waals surface area contributed by atoms with E-state index in [1.165, 1.54) is 6.33 Å². The van der Waals surface area contributed by atoms with Gasteiger partial charge in [-0.1, -0.05) is 54.1 Å². The number of nitrogens with one attached hydrogen (secondary N) is 1. The van der Waals surface area contributed by atoms with Crippen LogP contribution in [0.3, 0.4) is 0 Å². The zero-order valence-corrected chi connectivity index (χ0v) is 15.1. The third kappa shape index (κ3) is 3.93. The summed E-state index contributed by atoms with van der Waals surface area (Å²) >= 11 is 5.91. The first-order valence-electron chi connectivity index (χ1n) is 8.44. The van der Waals surface area contributed by atoms with E-state index in [-0.39, 0.29) is 0 Å². The Kier molecular flexibility index (Phi) is 4.77. The Hall–Kier alpha value is -3.31. The number of rotatable bonds is 5. The average molecular weight is 377 g/mol. The second kappa shape index (κ2) is 7.51. The molecule has 4 rings (SSSR count). The van der Waals surface area contributed by atoms with Crippen LogP contribution < -0.4 is 15.8 Å². The SMILES string of the molecule is Nc1c(NCc2ccc(Cl)cc2)ncnc1Oc1ccc2ccccc2c1. The van der Waals surface area contributed by atoms with Crippen molar-refractivity contribution in [3.8, 4) is 11.6 Å². The van der Waals surface area contributed by atoms with E-state index < -0.39 is 0 Å². The van der Waals surface area contributed by atoms with E-state index in [9.17, 15) is 0 Å². The molecule has 0 atom stereocenters. The zero-order chi connectivity index (χ0) is 18.6. The number of halogens is 1. The topological polar surface area (TPSA) is 73.1 Å². The molecule has 134 valence electrons. The number of aromatic nitrogens is 2. The molecule has 1 aromatic heterocycles. The van der Waals surface area contributed by atoms with Crippen molar-refractivity contribution in [3.05, 3.63) is 83.6 Å². The molecule has 0 aliphatic rings. The number of nitrogen functional groups attached to an aromatic ring is 1. The second-order valence-electron chi connectivity index (χ2n) is 6.03. The van der Waals surface area contributed by atoms with Gasteiger partial charge >= 0.3 is 0 Å². The number of nitrogens with zero attached hydrogens (tertiary/aromatic N) is 2. The summed E-state index contributed by atoms with van der Waals surface area (Å²) in [7, 11) is 0. The normalized spacial score (nSPS) is 10.7. The lowest BCUT2D eigenvalue weighted by Gasteiger charge is -2.12. The van der Waals surface area contributed by atoms with Gasteiger partial charge < -0.3 is 15.8 Å². The van der Waals surface area contributed by atoms with Crippen LogP contribution in [0.1, 0.15) is 5.56 Å². The highest BCUT2D eigenvalue weighted by Gasteiger charge is 2.10. The highest BCUT2D eigenvalue weighted by Crippen LogP contribution is 2.31. The fourth-order valence-corrected chi connectivity index (χ4v) is 2.86. The van der Waals surface area contributed by atoms with Crippen LogP contribution >= 0.6 is 11.6 Å². The molecule has 0 fully saturated rings. The van der Waals surface area contributed by atoms with E-state index in [1.54, 1.807) is 0 Å². The predicted octanol–water partition coefficient (Wildman–Crippen LogP) is 5.27. The number of nitrogens with two attached hydrogens (primary N) is 1. The highest BCUT2D eigenvalue weighted by molar-refractivity contribution is 6.30. The summed E-state index contributed by atoms with van der Waals surface area (Å²) in [5.41, 5.74) is 7.62. The molecule has 27 heavy (non-hydrogen) atoms. The van der Waals surface area contributed by atoms with Crippen LogP contribution in [0, 0.1) is 0 Å². The number of fused-ring (bicyclic) bond motifs is 1. The third-order valence-corrected chi connectivity index (χ3v) is 4.41. The zero-order valence-electron chi connectivity index (χ0n) is 14.4.